The summed E-state index contributed by atoms with van der Waals surface area (Å²) >= 11 is 7.37. The smallest absolute Gasteiger partial charge is 0.245 e. The third-order valence-electron chi connectivity index (χ3n) is 5.63. The number of ether oxygens (including phenoxy) is 1. The van der Waals surface area contributed by atoms with Crippen molar-refractivity contribution >= 4 is 34.8 Å². The number of hydrogen-bond donors (Lipinski definition) is 0. The van der Waals surface area contributed by atoms with Gasteiger partial charge in [0.05, 0.1) is 12.1 Å². The van der Waals surface area contributed by atoms with Crippen LogP contribution in [0.2, 0.25) is 5.02 Å². The molecule has 0 bridgehead atoms. The molecule has 2 aliphatic rings. The summed E-state index contributed by atoms with van der Waals surface area (Å²) in [4.78, 5) is 34.2. The average molecular weight is 448 g/mol. The van der Waals surface area contributed by atoms with Crippen LogP contribution in [0.4, 0.5) is 0 Å². The van der Waals surface area contributed by atoms with Crippen molar-refractivity contribution < 1.29 is 14.3 Å². The van der Waals surface area contributed by atoms with Crippen molar-refractivity contribution in [2.75, 3.05) is 19.6 Å². The number of halogens is 1. The lowest BCUT2D eigenvalue weighted by Crippen LogP contribution is -2.53. The van der Waals surface area contributed by atoms with E-state index in [0.29, 0.717) is 18.2 Å². The standard InChI is InChI=1S/C22H26ClN3O3S/c23-16-6-8-18(9-7-16)29-14-20-24-17(15-30-20)13-21(27)26-12-2-1-5-19(26)22(28)25-10-3-4-11-25/h6-9,15,19H,1-5,10-14H2. The second-order valence-corrected chi connectivity index (χ2v) is 9.16. The van der Waals surface area contributed by atoms with E-state index in [0.717, 1.165) is 61.6 Å². The van der Waals surface area contributed by atoms with E-state index in [1.807, 2.05) is 22.4 Å². The largest absolute Gasteiger partial charge is 0.486 e. The molecule has 1 aromatic heterocycles. The van der Waals surface area contributed by atoms with E-state index < -0.39 is 0 Å². The summed E-state index contributed by atoms with van der Waals surface area (Å²) in [6.07, 6.45) is 5.06. The Hall–Kier alpha value is -2.12. The summed E-state index contributed by atoms with van der Waals surface area (Å²) in [7, 11) is 0. The Kier molecular flexibility index (Phi) is 6.89. The van der Waals surface area contributed by atoms with Crippen molar-refractivity contribution in [1.29, 1.82) is 0 Å². The Labute approximate surface area is 185 Å². The second-order valence-electron chi connectivity index (χ2n) is 7.78. The maximum absolute atomic E-state index is 13.0. The number of rotatable bonds is 6. The van der Waals surface area contributed by atoms with Crippen LogP contribution >= 0.6 is 22.9 Å². The number of piperidine rings is 1. The molecular formula is C22H26ClN3O3S. The topological polar surface area (TPSA) is 62.7 Å². The van der Waals surface area contributed by atoms with Crippen LogP contribution in [-0.2, 0) is 22.6 Å². The molecule has 8 heteroatoms. The van der Waals surface area contributed by atoms with Gasteiger partial charge in [0.25, 0.3) is 0 Å². The number of hydrogen-bond acceptors (Lipinski definition) is 5. The average Bonchev–Trinajstić information content (AvgIpc) is 3.45. The van der Waals surface area contributed by atoms with Crippen molar-refractivity contribution in [3.63, 3.8) is 0 Å². The van der Waals surface area contributed by atoms with E-state index >= 15 is 0 Å². The number of likely N-dealkylation sites (tertiary alicyclic amines) is 2. The Morgan fingerprint density at radius 1 is 1.10 bits per heavy atom. The molecule has 0 aliphatic carbocycles. The van der Waals surface area contributed by atoms with Gasteiger partial charge < -0.3 is 14.5 Å². The zero-order valence-corrected chi connectivity index (χ0v) is 18.5. The van der Waals surface area contributed by atoms with Gasteiger partial charge in [-0.25, -0.2) is 4.98 Å². The number of benzene rings is 1. The number of carbonyl (C=O) groups excluding carboxylic acids is 2. The second kappa shape index (κ2) is 9.79. The normalized spacial score (nSPS) is 19.2. The first-order chi connectivity index (χ1) is 14.6. The number of nitrogens with zero attached hydrogens (tertiary/aromatic N) is 3. The SMILES string of the molecule is O=C(C1CCCCN1C(=O)Cc1csc(COc2ccc(Cl)cc2)n1)N1CCCC1. The van der Waals surface area contributed by atoms with E-state index in [1.54, 1.807) is 17.0 Å². The third kappa shape index (κ3) is 5.13. The molecule has 160 valence electrons. The van der Waals surface area contributed by atoms with Crippen molar-refractivity contribution in [2.24, 2.45) is 0 Å². The van der Waals surface area contributed by atoms with Gasteiger partial charge >= 0.3 is 0 Å². The van der Waals surface area contributed by atoms with Crippen LogP contribution < -0.4 is 4.74 Å². The van der Waals surface area contributed by atoms with E-state index in [-0.39, 0.29) is 24.3 Å². The van der Waals surface area contributed by atoms with Crippen LogP contribution in [0.3, 0.4) is 0 Å². The fraction of sp³-hybridized carbons (Fsp3) is 0.500. The molecule has 2 saturated heterocycles. The maximum Gasteiger partial charge on any atom is 0.245 e. The predicted octanol–water partition coefficient (Wildman–Crippen LogP) is 3.92. The van der Waals surface area contributed by atoms with Gasteiger partial charge in [0.15, 0.2) is 0 Å². The molecule has 4 rings (SSSR count). The van der Waals surface area contributed by atoms with Crippen LogP contribution in [-0.4, -0.2) is 52.3 Å². The maximum atomic E-state index is 13.0. The Bertz CT molecular complexity index is 880. The Morgan fingerprint density at radius 3 is 2.60 bits per heavy atom. The highest BCUT2D eigenvalue weighted by molar-refractivity contribution is 7.09. The van der Waals surface area contributed by atoms with Crippen LogP contribution in [0.1, 0.15) is 42.8 Å². The molecule has 0 N–H and O–H groups in total. The summed E-state index contributed by atoms with van der Waals surface area (Å²) in [6.45, 7) is 2.64. The number of aromatic nitrogens is 1. The molecule has 1 atom stereocenters. The molecule has 0 spiro atoms. The minimum absolute atomic E-state index is 0.0114. The first-order valence-electron chi connectivity index (χ1n) is 10.5. The summed E-state index contributed by atoms with van der Waals surface area (Å²) in [5, 5.41) is 3.38. The van der Waals surface area contributed by atoms with Crippen LogP contribution in [0.25, 0.3) is 0 Å². The first-order valence-corrected chi connectivity index (χ1v) is 11.8. The van der Waals surface area contributed by atoms with Gasteiger partial charge in [0.2, 0.25) is 11.8 Å². The molecule has 2 amide bonds. The van der Waals surface area contributed by atoms with E-state index in [2.05, 4.69) is 4.98 Å². The monoisotopic (exact) mass is 447 g/mol. The van der Waals surface area contributed by atoms with Crippen molar-refractivity contribution in [3.8, 4) is 5.75 Å². The highest BCUT2D eigenvalue weighted by Gasteiger charge is 2.35. The summed E-state index contributed by atoms with van der Waals surface area (Å²) in [6, 6.07) is 6.88. The lowest BCUT2D eigenvalue weighted by Gasteiger charge is -2.36. The van der Waals surface area contributed by atoms with E-state index in [1.165, 1.54) is 11.3 Å². The van der Waals surface area contributed by atoms with Gasteiger partial charge in [-0.05, 0) is 56.4 Å². The van der Waals surface area contributed by atoms with Gasteiger partial charge in [-0.1, -0.05) is 11.6 Å². The predicted molar refractivity (Wildman–Crippen MR) is 117 cm³/mol. The molecule has 2 aliphatic heterocycles. The number of amides is 2. The van der Waals surface area contributed by atoms with Crippen molar-refractivity contribution in [3.05, 3.63) is 45.4 Å². The van der Waals surface area contributed by atoms with Crippen LogP contribution in [0, 0.1) is 0 Å². The van der Waals surface area contributed by atoms with E-state index in [4.69, 9.17) is 16.3 Å². The third-order valence-corrected chi connectivity index (χ3v) is 6.76. The Balaban J connectivity index is 1.34. The highest BCUT2D eigenvalue weighted by Crippen LogP contribution is 2.23. The van der Waals surface area contributed by atoms with Crippen LogP contribution in [0.15, 0.2) is 29.6 Å². The minimum atomic E-state index is -0.310. The molecule has 1 aromatic carbocycles. The molecule has 1 unspecified atom stereocenters. The number of carbonyl (C=O) groups is 2. The molecule has 3 heterocycles. The highest BCUT2D eigenvalue weighted by atomic mass is 35.5. The van der Waals surface area contributed by atoms with Gasteiger partial charge in [-0.15, -0.1) is 11.3 Å². The lowest BCUT2D eigenvalue weighted by atomic mass is 10.00. The molecule has 2 fully saturated rings. The molecule has 2 aromatic rings. The van der Waals surface area contributed by atoms with Gasteiger partial charge in [-0.3, -0.25) is 9.59 Å². The zero-order valence-electron chi connectivity index (χ0n) is 16.9. The van der Waals surface area contributed by atoms with Crippen molar-refractivity contribution in [1.82, 2.24) is 14.8 Å². The zero-order chi connectivity index (χ0) is 20.9. The fourth-order valence-electron chi connectivity index (χ4n) is 4.06. The summed E-state index contributed by atoms with van der Waals surface area (Å²) in [5.74, 6) is 0.836. The molecular weight excluding hydrogens is 422 g/mol. The molecule has 30 heavy (non-hydrogen) atoms. The van der Waals surface area contributed by atoms with Gasteiger partial charge in [0.1, 0.15) is 23.4 Å². The Morgan fingerprint density at radius 2 is 1.83 bits per heavy atom. The fourth-order valence-corrected chi connectivity index (χ4v) is 4.89. The lowest BCUT2D eigenvalue weighted by molar-refractivity contribution is -0.146. The van der Waals surface area contributed by atoms with Crippen LogP contribution in [0.5, 0.6) is 5.75 Å². The van der Waals surface area contributed by atoms with Crippen molar-refractivity contribution in [2.45, 2.75) is 51.2 Å². The van der Waals surface area contributed by atoms with Gasteiger partial charge in [-0.2, -0.15) is 0 Å². The number of thiazole rings is 1. The quantitative estimate of drug-likeness (QED) is 0.673. The molecule has 0 radical (unpaired) electrons. The molecule has 6 nitrogen and oxygen atoms in total. The molecule has 0 saturated carbocycles. The minimum Gasteiger partial charge on any atom is -0.486 e. The summed E-state index contributed by atoms with van der Waals surface area (Å²) in [5.41, 5.74) is 0.734. The van der Waals surface area contributed by atoms with Gasteiger partial charge in [0, 0.05) is 30.0 Å². The summed E-state index contributed by atoms with van der Waals surface area (Å²) < 4.78 is 5.73. The first kappa shape index (κ1) is 21.1. The van der Waals surface area contributed by atoms with E-state index in [9.17, 15) is 9.59 Å².